The molecule has 0 atom stereocenters. The van der Waals surface area contributed by atoms with Crippen LogP contribution in [0.15, 0.2) is 48.0 Å². The summed E-state index contributed by atoms with van der Waals surface area (Å²) in [6.45, 7) is 7.28. The maximum absolute atomic E-state index is 13.1. The normalized spacial score (nSPS) is 14.9. The molecule has 1 heterocycles. The molecule has 0 spiro atoms. The van der Waals surface area contributed by atoms with Gasteiger partial charge in [0.15, 0.2) is 11.5 Å². The number of nitrogens with one attached hydrogen (secondary N) is 1. The number of nitrogens with zero attached hydrogens (tertiary/aromatic N) is 1. The quantitative estimate of drug-likeness (QED) is 0.328. The minimum absolute atomic E-state index is 0.163. The molecule has 1 N–H and O–H groups in total. The Labute approximate surface area is 193 Å². The predicted octanol–water partition coefficient (Wildman–Crippen LogP) is 4.33. The Kier molecular flexibility index (Phi) is 8.07. The van der Waals surface area contributed by atoms with Gasteiger partial charge in [-0.05, 0) is 68.3 Å². The van der Waals surface area contributed by atoms with Crippen LogP contribution in [0.5, 0.6) is 17.2 Å². The molecule has 8 nitrogen and oxygen atoms in total. The SMILES string of the molecule is CCCCOc1ccc(N2C(=O)NC(=O)/C(=C/c3ccc(OCC)c(OCC)c3)C2=O)cc1. The molecule has 0 aromatic heterocycles. The molecular formula is C25H28N2O6. The number of ether oxygens (including phenoxy) is 3. The van der Waals surface area contributed by atoms with Crippen molar-refractivity contribution in [2.45, 2.75) is 33.6 Å². The van der Waals surface area contributed by atoms with Crippen molar-refractivity contribution in [3.05, 3.63) is 53.6 Å². The molecule has 1 saturated heterocycles. The number of hydrogen-bond acceptors (Lipinski definition) is 6. The van der Waals surface area contributed by atoms with Crippen LogP contribution in [0.1, 0.15) is 39.2 Å². The molecule has 2 aromatic carbocycles. The Morgan fingerprint density at radius 3 is 2.24 bits per heavy atom. The summed E-state index contributed by atoms with van der Waals surface area (Å²) >= 11 is 0. The number of hydrogen-bond donors (Lipinski definition) is 1. The minimum Gasteiger partial charge on any atom is -0.494 e. The lowest BCUT2D eigenvalue weighted by Gasteiger charge is -2.26. The van der Waals surface area contributed by atoms with Crippen LogP contribution in [-0.2, 0) is 9.59 Å². The summed E-state index contributed by atoms with van der Waals surface area (Å²) in [5, 5.41) is 2.23. The van der Waals surface area contributed by atoms with Crippen molar-refractivity contribution in [2.24, 2.45) is 0 Å². The van der Waals surface area contributed by atoms with Crippen molar-refractivity contribution < 1.29 is 28.6 Å². The van der Waals surface area contributed by atoms with Gasteiger partial charge in [0.25, 0.3) is 11.8 Å². The lowest BCUT2D eigenvalue weighted by atomic mass is 10.1. The van der Waals surface area contributed by atoms with Crippen LogP contribution in [0, 0.1) is 0 Å². The average molecular weight is 453 g/mol. The number of rotatable bonds is 10. The van der Waals surface area contributed by atoms with Crippen molar-refractivity contribution in [3.8, 4) is 17.2 Å². The van der Waals surface area contributed by atoms with Gasteiger partial charge in [-0.2, -0.15) is 0 Å². The van der Waals surface area contributed by atoms with Crippen molar-refractivity contribution >= 4 is 29.6 Å². The smallest absolute Gasteiger partial charge is 0.335 e. The Morgan fingerprint density at radius 2 is 1.58 bits per heavy atom. The zero-order valence-electron chi connectivity index (χ0n) is 19.1. The number of carbonyl (C=O) groups is 3. The second-order valence-corrected chi connectivity index (χ2v) is 7.23. The van der Waals surface area contributed by atoms with E-state index in [-0.39, 0.29) is 5.57 Å². The molecule has 4 amide bonds. The van der Waals surface area contributed by atoms with Crippen LogP contribution in [0.4, 0.5) is 10.5 Å². The molecule has 1 aliphatic rings. The molecule has 2 aromatic rings. The fraction of sp³-hybridized carbons (Fsp3) is 0.320. The summed E-state index contributed by atoms with van der Waals surface area (Å²) < 4.78 is 16.8. The van der Waals surface area contributed by atoms with E-state index in [2.05, 4.69) is 12.2 Å². The maximum Gasteiger partial charge on any atom is 0.335 e. The summed E-state index contributed by atoms with van der Waals surface area (Å²) in [5.74, 6) is 0.243. The number of unbranched alkanes of at least 4 members (excludes halogenated alkanes) is 1. The molecule has 3 rings (SSSR count). The second-order valence-electron chi connectivity index (χ2n) is 7.23. The third-order valence-corrected chi connectivity index (χ3v) is 4.84. The number of benzene rings is 2. The molecule has 0 bridgehead atoms. The highest BCUT2D eigenvalue weighted by atomic mass is 16.5. The van der Waals surface area contributed by atoms with Crippen LogP contribution in [0.2, 0.25) is 0 Å². The van der Waals surface area contributed by atoms with Crippen molar-refractivity contribution in [3.63, 3.8) is 0 Å². The molecule has 0 radical (unpaired) electrons. The van der Waals surface area contributed by atoms with Gasteiger partial charge in [0.05, 0.1) is 25.5 Å². The van der Waals surface area contributed by atoms with Crippen LogP contribution in [-0.4, -0.2) is 37.7 Å². The van der Waals surface area contributed by atoms with E-state index >= 15 is 0 Å². The first-order valence-electron chi connectivity index (χ1n) is 11.0. The van der Waals surface area contributed by atoms with Crippen LogP contribution < -0.4 is 24.4 Å². The summed E-state index contributed by atoms with van der Waals surface area (Å²) in [4.78, 5) is 38.9. The van der Waals surface area contributed by atoms with Crippen LogP contribution in [0.25, 0.3) is 6.08 Å². The Balaban J connectivity index is 1.87. The van der Waals surface area contributed by atoms with Crippen LogP contribution in [0.3, 0.4) is 0 Å². The molecule has 8 heteroatoms. The Hall–Kier alpha value is -3.81. The number of carbonyl (C=O) groups excluding carboxylic acids is 3. The Morgan fingerprint density at radius 1 is 0.879 bits per heavy atom. The third-order valence-electron chi connectivity index (χ3n) is 4.84. The van der Waals surface area contributed by atoms with E-state index < -0.39 is 17.8 Å². The molecular weight excluding hydrogens is 424 g/mol. The molecule has 0 saturated carbocycles. The van der Waals surface area contributed by atoms with Gasteiger partial charge in [-0.3, -0.25) is 14.9 Å². The minimum atomic E-state index is -0.802. The first kappa shape index (κ1) is 23.8. The molecule has 33 heavy (non-hydrogen) atoms. The average Bonchev–Trinajstić information content (AvgIpc) is 2.79. The molecule has 1 aliphatic heterocycles. The van der Waals surface area contributed by atoms with Crippen molar-refractivity contribution in [1.29, 1.82) is 0 Å². The summed E-state index contributed by atoms with van der Waals surface area (Å²) in [6.07, 6.45) is 3.38. The standard InChI is InChI=1S/C25H28N2O6/c1-4-7-14-33-19-11-9-18(10-12-19)27-24(29)20(23(28)26-25(27)30)15-17-8-13-21(31-5-2)22(16-17)32-6-3/h8-13,15-16H,4-7,14H2,1-3H3,(H,26,28,30)/b20-15-. The van der Waals surface area contributed by atoms with E-state index in [0.29, 0.717) is 48.3 Å². The van der Waals surface area contributed by atoms with E-state index in [1.165, 1.54) is 6.08 Å². The first-order chi connectivity index (χ1) is 16.0. The van der Waals surface area contributed by atoms with Gasteiger partial charge in [0, 0.05) is 0 Å². The first-order valence-corrected chi connectivity index (χ1v) is 11.0. The fourth-order valence-corrected chi connectivity index (χ4v) is 3.24. The van der Waals surface area contributed by atoms with Gasteiger partial charge >= 0.3 is 6.03 Å². The second kappa shape index (κ2) is 11.2. The van der Waals surface area contributed by atoms with Gasteiger partial charge in [0.2, 0.25) is 0 Å². The highest BCUT2D eigenvalue weighted by molar-refractivity contribution is 6.39. The van der Waals surface area contributed by atoms with Gasteiger partial charge < -0.3 is 14.2 Å². The van der Waals surface area contributed by atoms with E-state index in [1.807, 2.05) is 13.8 Å². The topological polar surface area (TPSA) is 94.2 Å². The number of barbiturate groups is 1. The van der Waals surface area contributed by atoms with Gasteiger partial charge in [0.1, 0.15) is 11.3 Å². The van der Waals surface area contributed by atoms with Gasteiger partial charge in [-0.1, -0.05) is 19.4 Å². The molecule has 0 unspecified atom stereocenters. The summed E-state index contributed by atoms with van der Waals surface area (Å²) in [6, 6.07) is 10.9. The van der Waals surface area contributed by atoms with E-state index in [0.717, 1.165) is 17.7 Å². The van der Waals surface area contributed by atoms with Gasteiger partial charge in [-0.25, -0.2) is 9.69 Å². The van der Waals surface area contributed by atoms with Crippen molar-refractivity contribution in [2.75, 3.05) is 24.7 Å². The number of anilines is 1. The highest BCUT2D eigenvalue weighted by Crippen LogP contribution is 2.30. The molecule has 174 valence electrons. The zero-order chi connectivity index (χ0) is 23.8. The monoisotopic (exact) mass is 452 g/mol. The predicted molar refractivity (Wildman–Crippen MR) is 125 cm³/mol. The van der Waals surface area contributed by atoms with E-state index in [4.69, 9.17) is 14.2 Å². The largest absolute Gasteiger partial charge is 0.494 e. The fourth-order valence-electron chi connectivity index (χ4n) is 3.24. The highest BCUT2D eigenvalue weighted by Gasteiger charge is 2.36. The van der Waals surface area contributed by atoms with Crippen molar-refractivity contribution in [1.82, 2.24) is 5.32 Å². The van der Waals surface area contributed by atoms with Gasteiger partial charge in [-0.15, -0.1) is 0 Å². The van der Waals surface area contributed by atoms with E-state index in [9.17, 15) is 14.4 Å². The summed E-state index contributed by atoms with van der Waals surface area (Å²) in [5.41, 5.74) is 0.735. The van der Waals surface area contributed by atoms with Crippen LogP contribution >= 0.6 is 0 Å². The lowest BCUT2D eigenvalue weighted by Crippen LogP contribution is -2.54. The molecule has 0 aliphatic carbocycles. The molecule has 1 fully saturated rings. The number of urea groups is 1. The lowest BCUT2D eigenvalue weighted by molar-refractivity contribution is -0.122. The van der Waals surface area contributed by atoms with E-state index in [1.54, 1.807) is 42.5 Å². The maximum atomic E-state index is 13.1. The Bertz CT molecular complexity index is 1050. The number of amides is 4. The zero-order valence-corrected chi connectivity index (χ0v) is 19.1. The summed E-state index contributed by atoms with van der Waals surface area (Å²) in [7, 11) is 0. The number of imide groups is 2. The third kappa shape index (κ3) is 5.71.